The third-order valence-corrected chi connectivity index (χ3v) is 3.46. The molecule has 2 rings (SSSR count). The Bertz CT molecular complexity index is 534. The molecule has 0 amide bonds. The van der Waals surface area contributed by atoms with E-state index in [0.717, 1.165) is 15.6 Å². The molecule has 0 saturated heterocycles. The lowest BCUT2D eigenvalue weighted by molar-refractivity contribution is 0.490. The Balaban J connectivity index is 2.23. The Morgan fingerprint density at radius 2 is 1.83 bits per heavy atom. The van der Waals surface area contributed by atoms with Gasteiger partial charge < -0.3 is 5.73 Å². The zero-order valence-electron chi connectivity index (χ0n) is 10.2. The molecule has 0 radical (unpaired) electrons. The van der Waals surface area contributed by atoms with E-state index in [1.807, 2.05) is 25.1 Å². The Hall–Kier alpha value is -1.19. The lowest BCUT2D eigenvalue weighted by Crippen LogP contribution is -2.35. The van der Waals surface area contributed by atoms with Gasteiger partial charge in [-0.1, -0.05) is 40.2 Å². The van der Waals surface area contributed by atoms with E-state index in [2.05, 4.69) is 22.0 Å². The Morgan fingerprint density at radius 3 is 2.44 bits per heavy atom. The van der Waals surface area contributed by atoms with Gasteiger partial charge in [0.05, 0.1) is 0 Å². The topological polar surface area (TPSA) is 26.0 Å². The molecule has 0 saturated carbocycles. The fourth-order valence-electron chi connectivity index (χ4n) is 2.00. The first kappa shape index (κ1) is 13.2. The van der Waals surface area contributed by atoms with E-state index in [-0.39, 0.29) is 5.82 Å². The largest absolute Gasteiger partial charge is 0.321 e. The zero-order chi connectivity index (χ0) is 13.2. The van der Waals surface area contributed by atoms with Crippen molar-refractivity contribution in [2.75, 3.05) is 0 Å². The molecule has 0 aromatic heterocycles. The van der Waals surface area contributed by atoms with Crippen molar-refractivity contribution >= 4 is 15.9 Å². The van der Waals surface area contributed by atoms with Crippen molar-refractivity contribution < 1.29 is 4.39 Å². The second-order valence-electron chi connectivity index (χ2n) is 4.73. The third-order valence-electron chi connectivity index (χ3n) is 2.96. The molecule has 0 aliphatic carbocycles. The van der Waals surface area contributed by atoms with Crippen molar-refractivity contribution in [2.24, 2.45) is 5.73 Å². The lowest BCUT2D eigenvalue weighted by atomic mass is 9.87. The van der Waals surface area contributed by atoms with Gasteiger partial charge in [-0.2, -0.15) is 0 Å². The Labute approximate surface area is 115 Å². The van der Waals surface area contributed by atoms with Gasteiger partial charge in [0.25, 0.3) is 0 Å². The predicted molar refractivity (Wildman–Crippen MR) is 75.8 cm³/mol. The van der Waals surface area contributed by atoms with E-state index in [0.29, 0.717) is 6.42 Å². The van der Waals surface area contributed by atoms with Crippen LogP contribution in [0.15, 0.2) is 53.0 Å². The molecule has 2 aromatic rings. The fraction of sp³-hybridized carbons (Fsp3) is 0.200. The number of nitrogens with two attached hydrogens (primary N) is 1. The molecule has 0 heterocycles. The van der Waals surface area contributed by atoms with Crippen LogP contribution >= 0.6 is 15.9 Å². The molecule has 94 valence electrons. The highest BCUT2D eigenvalue weighted by Gasteiger charge is 2.21. The van der Waals surface area contributed by atoms with Gasteiger partial charge in [-0.3, -0.25) is 0 Å². The first-order valence-electron chi connectivity index (χ1n) is 5.77. The number of benzene rings is 2. The lowest BCUT2D eigenvalue weighted by Gasteiger charge is -2.25. The second-order valence-corrected chi connectivity index (χ2v) is 5.65. The average molecular weight is 308 g/mol. The minimum atomic E-state index is -0.505. The molecule has 1 unspecified atom stereocenters. The van der Waals surface area contributed by atoms with Crippen LogP contribution in [0.25, 0.3) is 0 Å². The van der Waals surface area contributed by atoms with Crippen LogP contribution in [0.3, 0.4) is 0 Å². The van der Waals surface area contributed by atoms with Gasteiger partial charge in [-0.25, -0.2) is 4.39 Å². The zero-order valence-corrected chi connectivity index (χ0v) is 11.7. The van der Waals surface area contributed by atoms with Gasteiger partial charge >= 0.3 is 0 Å². The van der Waals surface area contributed by atoms with Crippen molar-refractivity contribution in [3.8, 4) is 0 Å². The van der Waals surface area contributed by atoms with Gasteiger partial charge in [-0.05, 0) is 48.7 Å². The van der Waals surface area contributed by atoms with Crippen LogP contribution in [0.5, 0.6) is 0 Å². The highest BCUT2D eigenvalue weighted by molar-refractivity contribution is 9.10. The minimum Gasteiger partial charge on any atom is -0.321 e. The van der Waals surface area contributed by atoms with Crippen molar-refractivity contribution in [2.45, 2.75) is 18.9 Å². The molecule has 3 heteroatoms. The summed E-state index contributed by atoms with van der Waals surface area (Å²) in [6.45, 7) is 1.96. The molecule has 2 aromatic carbocycles. The monoisotopic (exact) mass is 307 g/mol. The van der Waals surface area contributed by atoms with Gasteiger partial charge in [0, 0.05) is 10.0 Å². The van der Waals surface area contributed by atoms with Crippen LogP contribution in [0.1, 0.15) is 18.1 Å². The van der Waals surface area contributed by atoms with E-state index in [1.54, 1.807) is 12.1 Å². The van der Waals surface area contributed by atoms with Gasteiger partial charge in [0.15, 0.2) is 0 Å². The molecular formula is C15H15BrFN. The van der Waals surface area contributed by atoms with Crippen LogP contribution in [0, 0.1) is 5.82 Å². The molecule has 0 aliphatic rings. The van der Waals surface area contributed by atoms with Crippen molar-refractivity contribution in [3.63, 3.8) is 0 Å². The highest BCUT2D eigenvalue weighted by atomic mass is 79.9. The molecule has 0 spiro atoms. The summed E-state index contributed by atoms with van der Waals surface area (Å²) in [5.74, 6) is -0.239. The SMILES string of the molecule is CC(N)(Cc1cccc(Br)c1)c1ccc(F)cc1. The second kappa shape index (κ2) is 5.21. The Morgan fingerprint density at radius 1 is 1.17 bits per heavy atom. The summed E-state index contributed by atoms with van der Waals surface area (Å²) in [5.41, 5.74) is 7.91. The molecule has 0 bridgehead atoms. The van der Waals surface area contributed by atoms with Crippen LogP contribution in [-0.2, 0) is 12.0 Å². The van der Waals surface area contributed by atoms with Crippen LogP contribution < -0.4 is 5.73 Å². The number of hydrogen-bond acceptors (Lipinski definition) is 1. The standard InChI is InChI=1S/C15H15BrFN/c1-15(18,12-5-7-14(17)8-6-12)10-11-3-2-4-13(16)9-11/h2-9H,10,18H2,1H3. The summed E-state index contributed by atoms with van der Waals surface area (Å²) < 4.78 is 13.9. The summed E-state index contributed by atoms with van der Waals surface area (Å²) in [6, 6.07) is 14.4. The molecule has 1 atom stereocenters. The fourth-order valence-corrected chi connectivity index (χ4v) is 2.45. The first-order valence-corrected chi connectivity index (χ1v) is 6.56. The highest BCUT2D eigenvalue weighted by Crippen LogP contribution is 2.24. The van der Waals surface area contributed by atoms with Crippen molar-refractivity contribution in [1.29, 1.82) is 0 Å². The van der Waals surface area contributed by atoms with E-state index >= 15 is 0 Å². The molecular weight excluding hydrogens is 293 g/mol. The van der Waals surface area contributed by atoms with E-state index in [4.69, 9.17) is 5.73 Å². The van der Waals surface area contributed by atoms with Crippen LogP contribution in [-0.4, -0.2) is 0 Å². The van der Waals surface area contributed by atoms with Crippen LogP contribution in [0.4, 0.5) is 4.39 Å². The van der Waals surface area contributed by atoms with Gasteiger partial charge in [0.2, 0.25) is 0 Å². The van der Waals surface area contributed by atoms with Crippen molar-refractivity contribution in [3.05, 3.63) is 69.9 Å². The van der Waals surface area contributed by atoms with E-state index in [1.165, 1.54) is 12.1 Å². The molecule has 0 aliphatic heterocycles. The van der Waals surface area contributed by atoms with Gasteiger partial charge in [-0.15, -0.1) is 0 Å². The quantitative estimate of drug-likeness (QED) is 0.911. The van der Waals surface area contributed by atoms with E-state index in [9.17, 15) is 4.39 Å². The molecule has 18 heavy (non-hydrogen) atoms. The maximum Gasteiger partial charge on any atom is 0.123 e. The number of halogens is 2. The maximum atomic E-state index is 12.9. The molecule has 0 fully saturated rings. The van der Waals surface area contributed by atoms with E-state index < -0.39 is 5.54 Å². The average Bonchev–Trinajstić information content (AvgIpc) is 2.29. The maximum absolute atomic E-state index is 12.9. The minimum absolute atomic E-state index is 0.239. The van der Waals surface area contributed by atoms with Gasteiger partial charge in [0.1, 0.15) is 5.82 Å². The number of rotatable bonds is 3. The molecule has 2 N–H and O–H groups in total. The smallest absolute Gasteiger partial charge is 0.123 e. The third kappa shape index (κ3) is 3.18. The summed E-state index contributed by atoms with van der Waals surface area (Å²) in [7, 11) is 0. The summed E-state index contributed by atoms with van der Waals surface area (Å²) in [6.07, 6.45) is 0.706. The summed E-state index contributed by atoms with van der Waals surface area (Å²) in [4.78, 5) is 0. The van der Waals surface area contributed by atoms with Crippen LogP contribution in [0.2, 0.25) is 0 Å². The first-order chi connectivity index (χ1) is 8.47. The predicted octanol–water partition coefficient (Wildman–Crippen LogP) is 4.00. The number of hydrogen-bond donors (Lipinski definition) is 1. The molecule has 1 nitrogen and oxygen atoms in total. The summed E-state index contributed by atoms with van der Waals surface area (Å²) >= 11 is 3.45. The van der Waals surface area contributed by atoms with Crippen molar-refractivity contribution in [1.82, 2.24) is 0 Å². The normalized spacial score (nSPS) is 14.2. The Kier molecular flexibility index (Phi) is 3.83. The summed E-state index contributed by atoms with van der Waals surface area (Å²) in [5, 5.41) is 0.